The molecular weight excluding hydrogens is 304 g/mol. The fourth-order valence-electron chi connectivity index (χ4n) is 1.48. The number of likely N-dealkylation sites (N-methyl/N-ethyl adjacent to an activating group) is 1. The van der Waals surface area contributed by atoms with Gasteiger partial charge in [0.1, 0.15) is 9.77 Å². The van der Waals surface area contributed by atoms with E-state index in [1.54, 1.807) is 13.8 Å². The number of nitrogens with zero attached hydrogens (tertiary/aromatic N) is 1. The minimum absolute atomic E-state index is 0.102. The second-order valence-corrected chi connectivity index (χ2v) is 7.33. The fourth-order valence-corrected chi connectivity index (χ4v) is 3.84. The smallest absolute Gasteiger partial charge is 0.347 e. The van der Waals surface area contributed by atoms with Gasteiger partial charge in [-0.25, -0.2) is 13.2 Å². The van der Waals surface area contributed by atoms with Crippen LogP contribution in [0.25, 0.3) is 0 Å². The predicted molar refractivity (Wildman–Crippen MR) is 74.4 cm³/mol. The maximum atomic E-state index is 12.2. The van der Waals surface area contributed by atoms with E-state index in [-0.39, 0.29) is 22.4 Å². The Bertz CT molecular complexity index is 606. The van der Waals surface area contributed by atoms with E-state index in [2.05, 4.69) is 5.32 Å². The number of sulfonamides is 1. The lowest BCUT2D eigenvalue weighted by molar-refractivity contribution is -0.121. The van der Waals surface area contributed by atoms with Crippen LogP contribution in [0.2, 0.25) is 0 Å². The third-order valence-corrected chi connectivity index (χ3v) is 5.20. The first kappa shape index (κ1) is 16.6. The molecule has 1 aromatic heterocycles. The maximum absolute atomic E-state index is 12.2. The predicted octanol–water partition coefficient (Wildman–Crippen LogP) is 0.591. The number of nitrogens with one attached hydrogen (secondary N) is 1. The molecular formula is C11H16N2O5S2. The van der Waals surface area contributed by atoms with Crippen molar-refractivity contribution in [1.82, 2.24) is 9.62 Å². The number of hydrogen-bond donors (Lipinski definition) is 2. The highest BCUT2D eigenvalue weighted by molar-refractivity contribution is 7.89. The van der Waals surface area contributed by atoms with Gasteiger partial charge in [0.05, 0.1) is 6.54 Å². The summed E-state index contributed by atoms with van der Waals surface area (Å²) in [6.45, 7) is 3.15. The highest BCUT2D eigenvalue weighted by atomic mass is 32.2. The molecule has 9 heteroatoms. The molecule has 112 valence electrons. The van der Waals surface area contributed by atoms with Gasteiger partial charge in [-0.3, -0.25) is 4.79 Å². The third kappa shape index (κ3) is 3.78. The van der Waals surface area contributed by atoms with E-state index in [4.69, 9.17) is 5.11 Å². The normalized spacial score (nSPS) is 11.8. The van der Waals surface area contributed by atoms with Crippen LogP contribution in [0, 0.1) is 0 Å². The molecule has 1 aromatic rings. The van der Waals surface area contributed by atoms with Crippen molar-refractivity contribution in [3.05, 3.63) is 16.3 Å². The van der Waals surface area contributed by atoms with Crippen LogP contribution >= 0.6 is 11.3 Å². The Kier molecular flexibility index (Phi) is 5.26. The van der Waals surface area contributed by atoms with Crippen molar-refractivity contribution in [3.8, 4) is 0 Å². The summed E-state index contributed by atoms with van der Waals surface area (Å²) in [5.74, 6) is -1.75. The van der Waals surface area contributed by atoms with E-state index in [0.717, 1.165) is 15.6 Å². The molecule has 0 radical (unpaired) electrons. The van der Waals surface area contributed by atoms with E-state index in [0.29, 0.717) is 0 Å². The van der Waals surface area contributed by atoms with Crippen molar-refractivity contribution < 1.29 is 23.1 Å². The number of amides is 1. The highest BCUT2D eigenvalue weighted by Crippen LogP contribution is 2.24. The van der Waals surface area contributed by atoms with Crippen molar-refractivity contribution in [2.24, 2.45) is 0 Å². The molecule has 0 aliphatic rings. The van der Waals surface area contributed by atoms with Gasteiger partial charge in [-0.15, -0.1) is 11.3 Å². The molecule has 0 fully saturated rings. The average Bonchev–Trinajstić information content (AvgIpc) is 2.76. The van der Waals surface area contributed by atoms with Crippen LogP contribution in [0.15, 0.2) is 16.3 Å². The third-order valence-electron chi connectivity index (χ3n) is 2.33. The van der Waals surface area contributed by atoms with Gasteiger partial charge in [0.15, 0.2) is 0 Å². The number of carboxylic acid groups (broad SMARTS) is 1. The van der Waals surface area contributed by atoms with Crippen molar-refractivity contribution >= 4 is 33.2 Å². The van der Waals surface area contributed by atoms with Crippen molar-refractivity contribution in [2.45, 2.75) is 24.8 Å². The largest absolute Gasteiger partial charge is 0.477 e. The minimum atomic E-state index is -4.00. The molecule has 1 rings (SSSR count). The lowest BCUT2D eigenvalue weighted by Gasteiger charge is -2.17. The summed E-state index contributed by atoms with van der Waals surface area (Å²) in [5.41, 5.74) is 0. The van der Waals surface area contributed by atoms with Gasteiger partial charge in [0, 0.05) is 13.1 Å². The molecule has 7 nitrogen and oxygen atoms in total. The first-order valence-corrected chi connectivity index (χ1v) is 8.04. The van der Waals surface area contributed by atoms with Gasteiger partial charge < -0.3 is 10.4 Å². The zero-order valence-electron chi connectivity index (χ0n) is 11.3. The van der Waals surface area contributed by atoms with Crippen LogP contribution < -0.4 is 5.32 Å². The number of rotatable bonds is 6. The molecule has 0 saturated carbocycles. The molecule has 0 atom stereocenters. The minimum Gasteiger partial charge on any atom is -0.477 e. The Morgan fingerprint density at radius 2 is 2.05 bits per heavy atom. The van der Waals surface area contributed by atoms with E-state index in [1.165, 1.54) is 18.5 Å². The lowest BCUT2D eigenvalue weighted by atomic mass is 10.4. The van der Waals surface area contributed by atoms with Crippen molar-refractivity contribution in [1.29, 1.82) is 0 Å². The van der Waals surface area contributed by atoms with Gasteiger partial charge >= 0.3 is 5.97 Å². The first-order valence-electron chi connectivity index (χ1n) is 5.72. The average molecular weight is 320 g/mol. The summed E-state index contributed by atoms with van der Waals surface area (Å²) >= 11 is 0.826. The molecule has 2 N–H and O–H groups in total. The van der Waals surface area contributed by atoms with Gasteiger partial charge in [-0.1, -0.05) is 0 Å². The molecule has 0 spiro atoms. The first-order chi connectivity index (χ1) is 9.16. The number of hydrogen-bond acceptors (Lipinski definition) is 5. The molecule has 0 aromatic carbocycles. The summed E-state index contributed by atoms with van der Waals surface area (Å²) in [6, 6.07) is 1.12. The van der Waals surface area contributed by atoms with Crippen molar-refractivity contribution in [3.63, 3.8) is 0 Å². The molecule has 1 heterocycles. The van der Waals surface area contributed by atoms with Crippen LogP contribution in [-0.4, -0.2) is 49.3 Å². The molecule has 0 aliphatic heterocycles. The van der Waals surface area contributed by atoms with Crippen LogP contribution in [0.3, 0.4) is 0 Å². The molecule has 0 unspecified atom stereocenters. The van der Waals surface area contributed by atoms with Gasteiger partial charge in [-0.05, 0) is 25.3 Å². The second kappa shape index (κ2) is 6.33. The van der Waals surface area contributed by atoms with Gasteiger partial charge in [0.25, 0.3) is 0 Å². The Balaban J connectivity index is 2.96. The van der Waals surface area contributed by atoms with E-state index in [1.807, 2.05) is 0 Å². The molecule has 0 saturated heterocycles. The number of thiophene rings is 1. The summed E-state index contributed by atoms with van der Waals surface area (Å²) < 4.78 is 25.3. The molecule has 1 amide bonds. The SMILES string of the molecule is CC(C)NC(=O)CN(C)S(=O)(=O)c1ccsc1C(=O)O. The zero-order chi connectivity index (χ0) is 15.5. The lowest BCUT2D eigenvalue weighted by Crippen LogP contribution is -2.41. The zero-order valence-corrected chi connectivity index (χ0v) is 12.9. The van der Waals surface area contributed by atoms with Crippen LogP contribution in [0.1, 0.15) is 23.5 Å². The maximum Gasteiger partial charge on any atom is 0.347 e. The molecule has 20 heavy (non-hydrogen) atoms. The topological polar surface area (TPSA) is 104 Å². The standard InChI is InChI=1S/C11H16N2O5S2/c1-7(2)12-9(14)6-13(3)20(17,18)8-4-5-19-10(8)11(15)16/h4-5,7H,6H2,1-3H3,(H,12,14)(H,15,16). The van der Waals surface area contributed by atoms with E-state index in [9.17, 15) is 18.0 Å². The number of carbonyl (C=O) groups is 2. The monoisotopic (exact) mass is 320 g/mol. The summed E-state index contributed by atoms with van der Waals surface area (Å²) in [6.07, 6.45) is 0. The number of carboxylic acids is 1. The number of carbonyl (C=O) groups excluding carboxylic acids is 1. The van der Waals surface area contributed by atoms with Gasteiger partial charge in [-0.2, -0.15) is 4.31 Å². The van der Waals surface area contributed by atoms with E-state index < -0.39 is 21.9 Å². The fraction of sp³-hybridized carbons (Fsp3) is 0.455. The van der Waals surface area contributed by atoms with Gasteiger partial charge in [0.2, 0.25) is 15.9 Å². The van der Waals surface area contributed by atoms with Crippen LogP contribution in [0.4, 0.5) is 0 Å². The number of aromatic carboxylic acids is 1. The Morgan fingerprint density at radius 3 is 2.55 bits per heavy atom. The summed E-state index contributed by atoms with van der Waals surface area (Å²) in [5, 5.41) is 12.9. The van der Waals surface area contributed by atoms with Crippen LogP contribution in [0.5, 0.6) is 0 Å². The van der Waals surface area contributed by atoms with Crippen molar-refractivity contribution in [2.75, 3.05) is 13.6 Å². The molecule has 0 bridgehead atoms. The van der Waals surface area contributed by atoms with Crippen LogP contribution in [-0.2, 0) is 14.8 Å². The van der Waals surface area contributed by atoms with E-state index >= 15 is 0 Å². The quantitative estimate of drug-likeness (QED) is 0.798. The summed E-state index contributed by atoms with van der Waals surface area (Å²) in [4.78, 5) is 22.0. The summed E-state index contributed by atoms with van der Waals surface area (Å²) in [7, 11) is -2.77. The highest BCUT2D eigenvalue weighted by Gasteiger charge is 2.29. The Labute approximate surface area is 121 Å². The Morgan fingerprint density at radius 1 is 1.45 bits per heavy atom. The molecule has 0 aliphatic carbocycles. The second-order valence-electron chi connectivity index (χ2n) is 4.40. The Hall–Kier alpha value is -1.45.